The number of rotatable bonds is 7. The summed E-state index contributed by atoms with van der Waals surface area (Å²) in [6, 6.07) is 9.21. The van der Waals surface area contributed by atoms with Gasteiger partial charge in [-0.15, -0.1) is 0 Å². The molecule has 1 rings (SSSR count). The van der Waals surface area contributed by atoms with Crippen LogP contribution in [0.5, 0.6) is 5.75 Å². The third kappa shape index (κ3) is 5.37. The molecule has 0 aliphatic carbocycles. The largest absolute Gasteiger partial charge is 0.494 e. The lowest BCUT2D eigenvalue weighted by Crippen LogP contribution is -2.10. The molecular weight excluding hydrogens is 214 g/mol. The van der Waals surface area contributed by atoms with Crippen LogP contribution in [0.2, 0.25) is 0 Å². The molecule has 0 aliphatic rings. The zero-order valence-electron chi connectivity index (χ0n) is 10.5. The van der Waals surface area contributed by atoms with Crippen molar-refractivity contribution in [1.82, 2.24) is 0 Å². The van der Waals surface area contributed by atoms with Crippen molar-refractivity contribution in [2.24, 2.45) is 0 Å². The van der Waals surface area contributed by atoms with E-state index < -0.39 is 0 Å². The first-order valence-corrected chi connectivity index (χ1v) is 6.00. The molecule has 1 atom stereocenters. The molecule has 0 amide bonds. The van der Waals surface area contributed by atoms with Crippen LogP contribution in [-0.4, -0.2) is 19.3 Å². The highest BCUT2D eigenvalue weighted by atomic mass is 16.5. The molecule has 0 aliphatic heterocycles. The normalized spacial score (nSPS) is 11.8. The molecule has 1 aromatic rings. The van der Waals surface area contributed by atoms with Gasteiger partial charge in [0.05, 0.1) is 31.0 Å². The standard InChI is InChI=1S/C14H19NO2/c1-3-12(2)16-9-4-10-17-14-7-5-13(11-15)6-8-14/h5-8,12H,3-4,9-10H2,1-2H3. The second-order valence-electron chi connectivity index (χ2n) is 3.93. The van der Waals surface area contributed by atoms with E-state index in [9.17, 15) is 0 Å². The molecule has 0 saturated heterocycles. The summed E-state index contributed by atoms with van der Waals surface area (Å²) in [5.41, 5.74) is 0.650. The second kappa shape index (κ2) is 7.70. The van der Waals surface area contributed by atoms with Crippen molar-refractivity contribution < 1.29 is 9.47 Å². The van der Waals surface area contributed by atoms with Crippen molar-refractivity contribution in [3.8, 4) is 11.8 Å². The predicted molar refractivity (Wildman–Crippen MR) is 67.0 cm³/mol. The van der Waals surface area contributed by atoms with Gasteiger partial charge < -0.3 is 9.47 Å². The molecule has 17 heavy (non-hydrogen) atoms. The lowest BCUT2D eigenvalue weighted by atomic mass is 10.2. The van der Waals surface area contributed by atoms with E-state index in [4.69, 9.17) is 14.7 Å². The van der Waals surface area contributed by atoms with Gasteiger partial charge in [0.15, 0.2) is 0 Å². The average molecular weight is 233 g/mol. The first kappa shape index (κ1) is 13.5. The van der Waals surface area contributed by atoms with Crippen LogP contribution in [0.4, 0.5) is 0 Å². The summed E-state index contributed by atoms with van der Waals surface area (Å²) in [5, 5.41) is 8.64. The monoisotopic (exact) mass is 233 g/mol. The van der Waals surface area contributed by atoms with Crippen LogP contribution in [0.15, 0.2) is 24.3 Å². The SMILES string of the molecule is CCC(C)OCCCOc1ccc(C#N)cc1. The molecular formula is C14H19NO2. The minimum absolute atomic E-state index is 0.324. The molecule has 0 radical (unpaired) electrons. The van der Waals surface area contributed by atoms with Gasteiger partial charge in [0.25, 0.3) is 0 Å². The van der Waals surface area contributed by atoms with Crippen LogP contribution < -0.4 is 4.74 Å². The average Bonchev–Trinajstić information content (AvgIpc) is 2.38. The topological polar surface area (TPSA) is 42.2 Å². The van der Waals surface area contributed by atoms with Gasteiger partial charge >= 0.3 is 0 Å². The quantitative estimate of drug-likeness (QED) is 0.679. The van der Waals surface area contributed by atoms with Gasteiger partial charge in [-0.05, 0) is 37.6 Å². The minimum atomic E-state index is 0.324. The van der Waals surface area contributed by atoms with Gasteiger partial charge in [-0.25, -0.2) is 0 Å². The maximum Gasteiger partial charge on any atom is 0.119 e. The van der Waals surface area contributed by atoms with E-state index in [0.29, 0.717) is 18.3 Å². The van der Waals surface area contributed by atoms with E-state index in [1.165, 1.54) is 0 Å². The molecule has 3 heteroatoms. The smallest absolute Gasteiger partial charge is 0.119 e. The molecule has 0 spiro atoms. The Bertz CT molecular complexity index is 353. The predicted octanol–water partition coefficient (Wildman–Crippen LogP) is 3.14. The Morgan fingerprint density at radius 1 is 1.24 bits per heavy atom. The zero-order chi connectivity index (χ0) is 12.5. The Kier molecular flexibility index (Phi) is 6.13. The molecule has 3 nitrogen and oxygen atoms in total. The third-order valence-electron chi connectivity index (χ3n) is 2.52. The summed E-state index contributed by atoms with van der Waals surface area (Å²) in [6.07, 6.45) is 2.24. The highest BCUT2D eigenvalue weighted by Gasteiger charge is 1.98. The highest BCUT2D eigenvalue weighted by Crippen LogP contribution is 2.11. The maximum atomic E-state index is 8.64. The fraction of sp³-hybridized carbons (Fsp3) is 0.500. The lowest BCUT2D eigenvalue weighted by Gasteiger charge is -2.10. The molecule has 1 unspecified atom stereocenters. The van der Waals surface area contributed by atoms with E-state index in [2.05, 4.69) is 19.9 Å². The van der Waals surface area contributed by atoms with Crippen molar-refractivity contribution in [3.05, 3.63) is 29.8 Å². The summed E-state index contributed by atoms with van der Waals surface area (Å²) < 4.78 is 11.1. The van der Waals surface area contributed by atoms with Gasteiger partial charge in [0.1, 0.15) is 5.75 Å². The Labute approximate surface area is 103 Å². The number of nitriles is 1. The maximum absolute atomic E-state index is 8.64. The van der Waals surface area contributed by atoms with Crippen LogP contribution in [0.1, 0.15) is 32.3 Å². The summed E-state index contributed by atoms with van der Waals surface area (Å²) >= 11 is 0. The van der Waals surface area contributed by atoms with Crippen LogP contribution in [0, 0.1) is 11.3 Å². The Hall–Kier alpha value is -1.53. The molecule has 92 valence electrons. The van der Waals surface area contributed by atoms with Crippen molar-refractivity contribution >= 4 is 0 Å². The van der Waals surface area contributed by atoms with Crippen molar-refractivity contribution in [2.75, 3.05) is 13.2 Å². The Morgan fingerprint density at radius 2 is 1.94 bits per heavy atom. The summed E-state index contributed by atoms with van der Waals surface area (Å²) in [4.78, 5) is 0. The molecule has 0 heterocycles. The molecule has 0 N–H and O–H groups in total. The van der Waals surface area contributed by atoms with Crippen LogP contribution >= 0.6 is 0 Å². The molecule has 0 bridgehead atoms. The van der Waals surface area contributed by atoms with E-state index in [-0.39, 0.29) is 0 Å². The van der Waals surface area contributed by atoms with Crippen LogP contribution in [0.25, 0.3) is 0 Å². The van der Waals surface area contributed by atoms with Gasteiger partial charge in [-0.2, -0.15) is 5.26 Å². The molecule has 0 saturated carbocycles. The summed E-state index contributed by atoms with van der Waals surface area (Å²) in [7, 11) is 0. The first-order valence-electron chi connectivity index (χ1n) is 6.00. The molecule has 0 fully saturated rings. The van der Waals surface area contributed by atoms with E-state index in [1.54, 1.807) is 12.1 Å². The number of nitrogens with zero attached hydrogens (tertiary/aromatic N) is 1. The van der Waals surface area contributed by atoms with E-state index >= 15 is 0 Å². The van der Waals surface area contributed by atoms with Gasteiger partial charge in [0, 0.05) is 6.42 Å². The second-order valence-corrected chi connectivity index (χ2v) is 3.93. The highest BCUT2D eigenvalue weighted by molar-refractivity contribution is 5.34. The fourth-order valence-electron chi connectivity index (χ4n) is 1.28. The van der Waals surface area contributed by atoms with Crippen molar-refractivity contribution in [3.63, 3.8) is 0 Å². The number of ether oxygens (including phenoxy) is 2. The Balaban J connectivity index is 2.16. The van der Waals surface area contributed by atoms with Crippen LogP contribution in [-0.2, 0) is 4.74 Å². The van der Waals surface area contributed by atoms with Crippen molar-refractivity contribution in [2.45, 2.75) is 32.8 Å². The van der Waals surface area contributed by atoms with Crippen molar-refractivity contribution in [1.29, 1.82) is 5.26 Å². The van der Waals surface area contributed by atoms with E-state index in [1.807, 2.05) is 12.1 Å². The molecule has 1 aromatic carbocycles. The molecule has 0 aromatic heterocycles. The minimum Gasteiger partial charge on any atom is -0.494 e. The van der Waals surface area contributed by atoms with Crippen LogP contribution in [0.3, 0.4) is 0 Å². The van der Waals surface area contributed by atoms with Gasteiger partial charge in [-0.1, -0.05) is 6.92 Å². The lowest BCUT2D eigenvalue weighted by molar-refractivity contribution is 0.0554. The van der Waals surface area contributed by atoms with Gasteiger partial charge in [-0.3, -0.25) is 0 Å². The third-order valence-corrected chi connectivity index (χ3v) is 2.52. The summed E-state index contributed by atoms with van der Waals surface area (Å²) in [5.74, 6) is 0.799. The fourth-order valence-corrected chi connectivity index (χ4v) is 1.28. The number of benzene rings is 1. The number of hydrogen-bond acceptors (Lipinski definition) is 3. The zero-order valence-corrected chi connectivity index (χ0v) is 10.5. The summed E-state index contributed by atoms with van der Waals surface area (Å²) in [6.45, 7) is 5.55. The van der Waals surface area contributed by atoms with Gasteiger partial charge in [0.2, 0.25) is 0 Å². The van der Waals surface area contributed by atoms with E-state index in [0.717, 1.165) is 25.2 Å². The number of hydrogen-bond donors (Lipinski definition) is 0. The first-order chi connectivity index (χ1) is 8.26. The Morgan fingerprint density at radius 3 is 2.53 bits per heavy atom.